The maximum atomic E-state index is 11.6. The van der Waals surface area contributed by atoms with E-state index < -0.39 is 0 Å². The van der Waals surface area contributed by atoms with Crippen molar-refractivity contribution in [3.8, 4) is 11.8 Å². The summed E-state index contributed by atoms with van der Waals surface area (Å²) in [7, 11) is 0. The van der Waals surface area contributed by atoms with Gasteiger partial charge < -0.3 is 5.32 Å². The fourth-order valence-corrected chi connectivity index (χ4v) is 2.26. The molecule has 0 aliphatic carbocycles. The van der Waals surface area contributed by atoms with Crippen LogP contribution in [0.5, 0.6) is 0 Å². The van der Waals surface area contributed by atoms with Crippen LogP contribution < -0.4 is 5.32 Å². The first-order chi connectivity index (χ1) is 11.1. The third kappa shape index (κ3) is 3.04. The molecular formula is C17H15N5O. The summed E-state index contributed by atoms with van der Waals surface area (Å²) in [5.74, 6) is -0.333. The summed E-state index contributed by atoms with van der Waals surface area (Å²) in [6.45, 7) is 3.91. The Labute approximate surface area is 133 Å². The lowest BCUT2D eigenvalue weighted by Gasteiger charge is -2.05. The standard InChI is InChI=1S/C17H15N5O/c1-11-3-5-13(6-4-11)22-20-15-9-12(2)14(10-16(15)21-22)19-17(23)7-8-18/h3-6,9-10H,7H2,1-2H3,(H,19,23). The SMILES string of the molecule is Cc1ccc(-n2nc3cc(C)c(NC(=O)CC#N)cc3n2)cc1. The first-order valence-corrected chi connectivity index (χ1v) is 7.18. The second-order valence-corrected chi connectivity index (χ2v) is 5.36. The molecule has 0 fully saturated rings. The number of aryl methyl sites for hydroxylation is 2. The van der Waals surface area contributed by atoms with E-state index in [-0.39, 0.29) is 12.3 Å². The van der Waals surface area contributed by atoms with E-state index >= 15 is 0 Å². The average molecular weight is 305 g/mol. The Morgan fingerprint density at radius 3 is 2.48 bits per heavy atom. The molecule has 0 aliphatic rings. The average Bonchev–Trinajstić information content (AvgIpc) is 2.91. The lowest BCUT2D eigenvalue weighted by atomic mass is 10.1. The molecule has 3 aromatic rings. The van der Waals surface area contributed by atoms with E-state index in [4.69, 9.17) is 5.26 Å². The highest BCUT2D eigenvalue weighted by Crippen LogP contribution is 2.22. The smallest absolute Gasteiger partial charge is 0.238 e. The first-order valence-electron chi connectivity index (χ1n) is 7.18. The van der Waals surface area contributed by atoms with E-state index in [2.05, 4.69) is 15.5 Å². The summed E-state index contributed by atoms with van der Waals surface area (Å²) in [6, 6.07) is 13.4. The summed E-state index contributed by atoms with van der Waals surface area (Å²) in [5.41, 5.74) is 5.00. The zero-order valence-electron chi connectivity index (χ0n) is 12.9. The van der Waals surface area contributed by atoms with Gasteiger partial charge in [0.1, 0.15) is 17.5 Å². The van der Waals surface area contributed by atoms with E-state index in [0.29, 0.717) is 11.2 Å². The number of aromatic nitrogens is 3. The zero-order valence-corrected chi connectivity index (χ0v) is 12.9. The number of nitriles is 1. The molecule has 1 N–H and O–H groups in total. The largest absolute Gasteiger partial charge is 0.325 e. The van der Waals surface area contributed by atoms with Crippen molar-refractivity contribution in [2.24, 2.45) is 0 Å². The van der Waals surface area contributed by atoms with Gasteiger partial charge in [0.25, 0.3) is 0 Å². The maximum absolute atomic E-state index is 11.6. The number of nitrogens with zero attached hydrogens (tertiary/aromatic N) is 4. The molecule has 1 heterocycles. The van der Waals surface area contributed by atoms with Crippen LogP contribution in [0.2, 0.25) is 0 Å². The van der Waals surface area contributed by atoms with Crippen LogP contribution in [0.25, 0.3) is 16.7 Å². The number of anilines is 1. The van der Waals surface area contributed by atoms with Crippen molar-refractivity contribution in [1.82, 2.24) is 15.0 Å². The highest BCUT2D eigenvalue weighted by molar-refractivity contribution is 5.95. The molecule has 0 aliphatic heterocycles. The van der Waals surface area contributed by atoms with Crippen LogP contribution in [0.4, 0.5) is 5.69 Å². The van der Waals surface area contributed by atoms with Gasteiger partial charge in [-0.15, -0.1) is 10.2 Å². The Morgan fingerprint density at radius 1 is 1.17 bits per heavy atom. The molecule has 0 radical (unpaired) electrons. The molecule has 0 spiro atoms. The fraction of sp³-hybridized carbons (Fsp3) is 0.176. The van der Waals surface area contributed by atoms with Crippen molar-refractivity contribution < 1.29 is 4.79 Å². The minimum atomic E-state index is -0.333. The van der Waals surface area contributed by atoms with Gasteiger partial charge in [-0.05, 0) is 43.7 Å². The van der Waals surface area contributed by atoms with E-state index in [0.717, 1.165) is 16.8 Å². The lowest BCUT2D eigenvalue weighted by Crippen LogP contribution is -2.11. The Kier molecular flexibility index (Phi) is 3.77. The van der Waals surface area contributed by atoms with Crippen molar-refractivity contribution >= 4 is 22.6 Å². The Balaban J connectivity index is 1.98. The number of nitrogens with one attached hydrogen (secondary N) is 1. The number of amides is 1. The molecule has 0 bridgehead atoms. The van der Waals surface area contributed by atoms with Gasteiger partial charge >= 0.3 is 0 Å². The van der Waals surface area contributed by atoms with Gasteiger partial charge in [-0.25, -0.2) is 0 Å². The summed E-state index contributed by atoms with van der Waals surface area (Å²) >= 11 is 0. The predicted molar refractivity (Wildman–Crippen MR) is 87.2 cm³/mol. The van der Waals surface area contributed by atoms with Crippen LogP contribution in [0, 0.1) is 25.2 Å². The number of carbonyl (C=O) groups is 1. The van der Waals surface area contributed by atoms with E-state index in [9.17, 15) is 4.79 Å². The number of hydrogen-bond acceptors (Lipinski definition) is 4. The van der Waals surface area contributed by atoms with Gasteiger partial charge in [0, 0.05) is 5.69 Å². The Morgan fingerprint density at radius 2 is 1.83 bits per heavy atom. The highest BCUT2D eigenvalue weighted by atomic mass is 16.1. The predicted octanol–water partition coefficient (Wildman–Crippen LogP) is 2.89. The lowest BCUT2D eigenvalue weighted by molar-refractivity contribution is -0.115. The Hall–Kier alpha value is -3.20. The van der Waals surface area contributed by atoms with Crippen molar-refractivity contribution in [2.75, 3.05) is 5.32 Å². The van der Waals surface area contributed by atoms with Crippen molar-refractivity contribution in [3.05, 3.63) is 47.5 Å². The van der Waals surface area contributed by atoms with Crippen LogP contribution in [-0.2, 0) is 4.79 Å². The molecule has 0 saturated carbocycles. The van der Waals surface area contributed by atoms with Gasteiger partial charge in [-0.3, -0.25) is 4.79 Å². The quantitative estimate of drug-likeness (QED) is 0.806. The van der Waals surface area contributed by atoms with Crippen molar-refractivity contribution in [2.45, 2.75) is 20.3 Å². The minimum absolute atomic E-state index is 0.173. The number of hydrogen-bond donors (Lipinski definition) is 1. The third-order valence-electron chi connectivity index (χ3n) is 3.51. The van der Waals surface area contributed by atoms with Crippen LogP contribution in [0.1, 0.15) is 17.5 Å². The number of benzene rings is 2. The second-order valence-electron chi connectivity index (χ2n) is 5.36. The molecule has 0 unspecified atom stereocenters. The second kappa shape index (κ2) is 5.89. The van der Waals surface area contributed by atoms with Gasteiger partial charge in [-0.2, -0.15) is 10.1 Å². The third-order valence-corrected chi connectivity index (χ3v) is 3.51. The number of rotatable bonds is 3. The van der Waals surface area contributed by atoms with Crippen molar-refractivity contribution in [1.29, 1.82) is 5.26 Å². The van der Waals surface area contributed by atoms with E-state index in [1.807, 2.05) is 50.2 Å². The first kappa shape index (κ1) is 14.7. The van der Waals surface area contributed by atoms with Gasteiger partial charge in [-0.1, -0.05) is 17.7 Å². The molecule has 0 atom stereocenters. The molecule has 2 aromatic carbocycles. The monoisotopic (exact) mass is 305 g/mol. The van der Waals surface area contributed by atoms with Gasteiger partial charge in [0.05, 0.1) is 11.8 Å². The number of fused-ring (bicyclic) bond motifs is 1. The molecule has 6 nitrogen and oxygen atoms in total. The molecule has 1 aromatic heterocycles. The zero-order chi connectivity index (χ0) is 16.4. The molecule has 0 saturated heterocycles. The summed E-state index contributed by atoms with van der Waals surface area (Å²) in [6.07, 6.45) is -0.173. The molecule has 6 heteroatoms. The topological polar surface area (TPSA) is 83.6 Å². The maximum Gasteiger partial charge on any atom is 0.238 e. The fourth-order valence-electron chi connectivity index (χ4n) is 2.26. The van der Waals surface area contributed by atoms with Gasteiger partial charge in [0.15, 0.2) is 0 Å². The van der Waals surface area contributed by atoms with Crippen molar-refractivity contribution in [3.63, 3.8) is 0 Å². The van der Waals surface area contributed by atoms with Crippen LogP contribution in [-0.4, -0.2) is 20.9 Å². The number of carbonyl (C=O) groups excluding carboxylic acids is 1. The molecular weight excluding hydrogens is 290 g/mol. The molecule has 114 valence electrons. The minimum Gasteiger partial charge on any atom is -0.325 e. The molecule has 23 heavy (non-hydrogen) atoms. The van der Waals surface area contributed by atoms with Gasteiger partial charge in [0.2, 0.25) is 5.91 Å². The van der Waals surface area contributed by atoms with Crippen LogP contribution in [0.3, 0.4) is 0 Å². The summed E-state index contributed by atoms with van der Waals surface area (Å²) in [5, 5.41) is 20.2. The molecule has 1 amide bonds. The van der Waals surface area contributed by atoms with E-state index in [1.165, 1.54) is 5.56 Å². The normalized spacial score (nSPS) is 10.5. The van der Waals surface area contributed by atoms with Crippen LogP contribution >= 0.6 is 0 Å². The summed E-state index contributed by atoms with van der Waals surface area (Å²) < 4.78 is 0. The summed E-state index contributed by atoms with van der Waals surface area (Å²) in [4.78, 5) is 13.2. The van der Waals surface area contributed by atoms with E-state index in [1.54, 1.807) is 10.9 Å². The molecule has 3 rings (SSSR count). The van der Waals surface area contributed by atoms with Crippen LogP contribution in [0.15, 0.2) is 36.4 Å². The highest BCUT2D eigenvalue weighted by Gasteiger charge is 2.10. The Bertz CT molecular complexity index is 919.